The maximum atomic E-state index is 6.25. The van der Waals surface area contributed by atoms with E-state index < -0.39 is 0 Å². The Bertz CT molecular complexity index is 6840. The average molecular weight is 1460 g/mol. The van der Waals surface area contributed by atoms with Crippen LogP contribution in [0.4, 0.5) is 68.2 Å². The number of hydrogen-bond acceptors (Lipinski definition) is 8. The number of anilines is 12. The smallest absolute Gasteiger partial charge is 0.135 e. The van der Waals surface area contributed by atoms with E-state index in [-0.39, 0.29) is 0 Å². The third kappa shape index (κ3) is 12.5. The fraction of sp³-hybridized carbons (Fsp3) is 0. The number of hydrogen-bond donors (Lipinski definition) is 0. The molecule has 21 aromatic rings. The first-order valence-corrected chi connectivity index (χ1v) is 39.5. The number of furan rings is 1. The van der Waals surface area contributed by atoms with Crippen LogP contribution in [-0.4, -0.2) is 0 Å². The molecule has 520 valence electrons. The Morgan fingerprint density at radius 1 is 0.145 bits per heavy atom. The number of nitrogens with zero attached hydrogens (tertiary/aromatic N) is 4. The van der Waals surface area contributed by atoms with E-state index in [1.165, 1.54) is 82.8 Å². The zero-order valence-electron chi connectivity index (χ0n) is 59.7. The second-order valence-electron chi connectivity index (χ2n) is 27.6. The topological polar surface area (TPSA) is 26.1 Å². The van der Waals surface area contributed by atoms with Gasteiger partial charge < -0.3 is 24.0 Å². The zero-order chi connectivity index (χ0) is 72.9. The van der Waals surface area contributed by atoms with E-state index in [1.807, 2.05) is 46.1 Å². The highest BCUT2D eigenvalue weighted by Gasteiger charge is 2.23. The fourth-order valence-corrected chi connectivity index (χ4v) is 19.0. The minimum Gasteiger partial charge on any atom is -0.456 e. The quantitative estimate of drug-likeness (QED) is 0.102. The fourth-order valence-electron chi connectivity index (χ4n) is 15.7. The molecule has 0 atom stereocenters. The van der Waals surface area contributed by atoms with Gasteiger partial charge in [0.05, 0.1) is 0 Å². The highest BCUT2D eigenvalue weighted by atomic mass is 32.1. The van der Waals surface area contributed by atoms with Gasteiger partial charge in [-0.2, -0.15) is 0 Å². The summed E-state index contributed by atoms with van der Waals surface area (Å²) < 4.78 is 14.0. The second kappa shape index (κ2) is 28.6. The molecule has 0 aliphatic heterocycles. The Kier molecular flexibility index (Phi) is 17.1. The lowest BCUT2D eigenvalue weighted by molar-refractivity contribution is 0.669. The summed E-state index contributed by atoms with van der Waals surface area (Å²) >= 11 is 5.57. The van der Waals surface area contributed by atoms with Gasteiger partial charge >= 0.3 is 0 Å². The summed E-state index contributed by atoms with van der Waals surface area (Å²) in [4.78, 5) is 9.40. The average Bonchev–Trinajstić information content (AvgIpc) is 1.56. The van der Waals surface area contributed by atoms with Gasteiger partial charge in [-0.3, -0.25) is 0 Å². The third-order valence-corrected chi connectivity index (χ3v) is 24.2. The highest BCUT2D eigenvalue weighted by Crippen LogP contribution is 2.48. The van der Waals surface area contributed by atoms with Crippen LogP contribution in [0.5, 0.6) is 0 Å². The molecule has 4 heterocycles. The van der Waals surface area contributed by atoms with Crippen LogP contribution in [0, 0.1) is 0 Å². The van der Waals surface area contributed by atoms with E-state index in [9.17, 15) is 0 Å². The monoisotopic (exact) mass is 1460 g/mol. The van der Waals surface area contributed by atoms with Gasteiger partial charge in [-0.05, 0) is 234 Å². The molecule has 8 heteroatoms. The molecule has 0 spiro atoms. The van der Waals surface area contributed by atoms with E-state index in [1.54, 1.807) is 0 Å². The molecule has 0 aliphatic carbocycles. The Balaban J connectivity index is 0.000000145. The summed E-state index contributed by atoms with van der Waals surface area (Å²) in [5, 5.41) is 9.91. The first-order valence-electron chi connectivity index (χ1n) is 37.1. The summed E-state index contributed by atoms with van der Waals surface area (Å²) in [6, 6.07) is 148. The molecule has 0 radical (unpaired) electrons. The Hall–Kier alpha value is -13.6. The number of para-hydroxylation sites is 7. The summed E-state index contributed by atoms with van der Waals surface area (Å²) in [6.45, 7) is 0. The number of benzene rings is 17. The van der Waals surface area contributed by atoms with Gasteiger partial charge in [0.15, 0.2) is 0 Å². The van der Waals surface area contributed by atoms with Crippen molar-refractivity contribution in [3.05, 3.63) is 413 Å². The van der Waals surface area contributed by atoms with Gasteiger partial charge in [0.25, 0.3) is 0 Å². The lowest BCUT2D eigenvalue weighted by atomic mass is 9.96. The molecular weight excluding hydrogens is 1390 g/mol. The van der Waals surface area contributed by atoms with Gasteiger partial charge in [0.1, 0.15) is 11.2 Å². The number of rotatable bonds is 15. The molecule has 0 aliphatic rings. The van der Waals surface area contributed by atoms with E-state index >= 15 is 0 Å². The van der Waals surface area contributed by atoms with E-state index in [4.69, 9.17) is 4.42 Å². The zero-order valence-corrected chi connectivity index (χ0v) is 62.1. The molecule has 17 aromatic carbocycles. The first kappa shape index (κ1) is 65.9. The minimum absolute atomic E-state index is 0.883. The van der Waals surface area contributed by atoms with Crippen molar-refractivity contribution >= 4 is 185 Å². The van der Waals surface area contributed by atoms with Crippen molar-refractivity contribution < 1.29 is 4.42 Å². The molecule has 0 saturated heterocycles. The molecule has 5 nitrogen and oxygen atoms in total. The maximum absolute atomic E-state index is 6.25. The van der Waals surface area contributed by atoms with Crippen molar-refractivity contribution in [3.8, 4) is 33.4 Å². The highest BCUT2D eigenvalue weighted by molar-refractivity contribution is 7.26. The van der Waals surface area contributed by atoms with Gasteiger partial charge in [-0.1, -0.05) is 212 Å². The van der Waals surface area contributed by atoms with Crippen LogP contribution in [0.2, 0.25) is 0 Å². The van der Waals surface area contributed by atoms with E-state index in [2.05, 4.69) is 420 Å². The molecule has 0 unspecified atom stereocenters. The van der Waals surface area contributed by atoms with Crippen LogP contribution in [0.1, 0.15) is 0 Å². The lowest BCUT2D eigenvalue weighted by Crippen LogP contribution is -2.10. The van der Waals surface area contributed by atoms with E-state index in [0.717, 1.165) is 101 Å². The van der Waals surface area contributed by atoms with Crippen molar-refractivity contribution in [1.29, 1.82) is 0 Å². The summed E-state index contributed by atoms with van der Waals surface area (Å²) in [5.74, 6) is 0. The minimum atomic E-state index is 0.883. The van der Waals surface area contributed by atoms with Crippen LogP contribution in [-0.2, 0) is 0 Å². The van der Waals surface area contributed by atoms with Gasteiger partial charge in [0.2, 0.25) is 0 Å². The molecule has 21 rings (SSSR count). The molecule has 0 saturated carbocycles. The summed E-state index contributed by atoms with van der Waals surface area (Å²) in [5.41, 5.74) is 22.3. The number of thiophene rings is 3. The summed E-state index contributed by atoms with van der Waals surface area (Å²) in [7, 11) is 0. The predicted octanol–water partition coefficient (Wildman–Crippen LogP) is 31.3. The lowest BCUT2D eigenvalue weighted by Gasteiger charge is -2.27. The van der Waals surface area contributed by atoms with Crippen LogP contribution in [0.3, 0.4) is 0 Å². The first-order chi connectivity index (χ1) is 54.5. The Morgan fingerprint density at radius 2 is 0.445 bits per heavy atom. The number of fused-ring (bicyclic) bond motifs is 12. The molecule has 0 amide bonds. The van der Waals surface area contributed by atoms with Crippen LogP contribution in [0.25, 0.3) is 116 Å². The Morgan fingerprint density at radius 3 is 0.927 bits per heavy atom. The maximum Gasteiger partial charge on any atom is 0.135 e. The van der Waals surface area contributed by atoms with Crippen molar-refractivity contribution in [2.75, 3.05) is 19.6 Å². The second-order valence-corrected chi connectivity index (χ2v) is 30.8. The van der Waals surface area contributed by atoms with Crippen molar-refractivity contribution in [1.82, 2.24) is 0 Å². The SMILES string of the molecule is c1ccc(-c2cc(-c3ccc4c(c3)sc3ccc(N(c5ccccc5)c5ccccc5)cc34)cc(N(c3ccccc3)c3ccc4oc5ccccc5c4c3)c2)cc1.c1ccc(N(c2ccccc2)c2cccc(-c3ccc4c(c3)sc3ccc(N(c5ccccc5)c5ccc6sc7ccccc7c6c5)cc34)c2)cc1. The third-order valence-electron chi connectivity index (χ3n) is 20.8. The Labute approximate surface area is 649 Å². The predicted molar refractivity (Wildman–Crippen MR) is 474 cm³/mol. The van der Waals surface area contributed by atoms with E-state index in [0.29, 0.717) is 0 Å². The van der Waals surface area contributed by atoms with Crippen molar-refractivity contribution in [2.45, 2.75) is 0 Å². The van der Waals surface area contributed by atoms with Crippen LogP contribution < -0.4 is 19.6 Å². The van der Waals surface area contributed by atoms with Gasteiger partial charge in [-0.25, -0.2) is 0 Å². The molecule has 0 bridgehead atoms. The van der Waals surface area contributed by atoms with Gasteiger partial charge in [0, 0.05) is 140 Å². The molecular formula is C102H68N4OS3. The summed E-state index contributed by atoms with van der Waals surface area (Å²) in [6.07, 6.45) is 0. The van der Waals surface area contributed by atoms with Crippen LogP contribution >= 0.6 is 34.0 Å². The normalized spacial score (nSPS) is 11.5. The van der Waals surface area contributed by atoms with Crippen molar-refractivity contribution in [3.63, 3.8) is 0 Å². The van der Waals surface area contributed by atoms with Gasteiger partial charge in [-0.15, -0.1) is 34.0 Å². The largest absolute Gasteiger partial charge is 0.456 e. The van der Waals surface area contributed by atoms with Crippen LogP contribution in [0.15, 0.2) is 417 Å². The molecule has 4 aromatic heterocycles. The van der Waals surface area contributed by atoms with Crippen molar-refractivity contribution in [2.24, 2.45) is 0 Å². The standard InChI is InChI=1S/C54H36N2OS.C48H32N2S2/c1-5-15-37(16-6-1)39-31-40(33-46(32-39)56(43-21-11-4-12-22-43)44-26-29-52-49(35-44)47-23-13-14-24-51(47)57-52)38-25-28-48-50-36-45(27-30-53(50)58-54(48)34-38)55(41-17-7-2-8-18-41)42-19-9-3-10-20-42;1-4-14-35(15-5-1)49(36-16-6-2-7-17-36)38-20-12-13-33(29-38)34-23-26-42-44-32-40(25-28-47(44)52-48(42)30-34)50(37-18-8-3-9-19-37)39-24-27-46-43(31-39)41-21-10-11-22-45(41)51-46/h1-36H;1-32H. The molecule has 0 fully saturated rings. The molecule has 0 N–H and O–H groups in total. The molecule has 110 heavy (non-hydrogen) atoms.